The first-order valence-electron chi connectivity index (χ1n) is 10.8. The molecule has 6 heteroatoms. The third-order valence-electron chi connectivity index (χ3n) is 6.32. The summed E-state index contributed by atoms with van der Waals surface area (Å²) < 4.78 is 11.2. The van der Waals surface area contributed by atoms with Crippen molar-refractivity contribution in [3.05, 3.63) is 59.2 Å². The molecular formula is C25H30N2O4. The maximum Gasteiger partial charge on any atom is 0.233 e. The number of benzene rings is 2. The zero-order valence-corrected chi connectivity index (χ0v) is 18.5. The Balaban J connectivity index is 1.50. The average molecular weight is 423 g/mol. The number of nitrogens with zero attached hydrogens (tertiary/aromatic N) is 2. The zero-order valence-electron chi connectivity index (χ0n) is 18.5. The summed E-state index contributed by atoms with van der Waals surface area (Å²) in [4.78, 5) is 29.0. The van der Waals surface area contributed by atoms with Crippen LogP contribution in [-0.4, -0.2) is 56.0 Å². The van der Waals surface area contributed by atoms with Gasteiger partial charge in [0.15, 0.2) is 0 Å². The molecule has 2 aromatic carbocycles. The topological polar surface area (TPSA) is 59.1 Å². The molecule has 1 aliphatic carbocycles. The molecule has 0 aromatic heterocycles. The van der Waals surface area contributed by atoms with Gasteiger partial charge in [-0.2, -0.15) is 0 Å². The maximum absolute atomic E-state index is 13.6. The lowest BCUT2D eigenvalue weighted by atomic mass is 9.94. The van der Waals surface area contributed by atoms with Gasteiger partial charge in [0.05, 0.1) is 19.1 Å². The minimum absolute atomic E-state index is 0.109. The van der Waals surface area contributed by atoms with Crippen LogP contribution in [0, 0.1) is 0 Å². The van der Waals surface area contributed by atoms with E-state index in [1.807, 2.05) is 41.3 Å². The van der Waals surface area contributed by atoms with E-state index in [0.717, 1.165) is 41.0 Å². The van der Waals surface area contributed by atoms with Crippen LogP contribution in [0.1, 0.15) is 36.0 Å². The number of fused-ring (bicyclic) bond motifs is 1. The molecule has 1 saturated carbocycles. The van der Waals surface area contributed by atoms with E-state index in [4.69, 9.17) is 9.47 Å². The molecule has 0 N–H and O–H groups in total. The van der Waals surface area contributed by atoms with E-state index in [1.165, 1.54) is 0 Å². The molecule has 0 unspecified atom stereocenters. The molecule has 164 valence electrons. The van der Waals surface area contributed by atoms with Gasteiger partial charge in [0.1, 0.15) is 18.1 Å². The van der Waals surface area contributed by atoms with E-state index in [0.29, 0.717) is 32.5 Å². The second-order valence-corrected chi connectivity index (χ2v) is 8.62. The van der Waals surface area contributed by atoms with Crippen LogP contribution in [0.4, 0.5) is 0 Å². The molecule has 6 nitrogen and oxygen atoms in total. The number of methoxy groups -OCH3 is 1. The lowest BCUT2D eigenvalue weighted by Crippen LogP contribution is -2.40. The van der Waals surface area contributed by atoms with Crippen molar-refractivity contribution in [3.8, 4) is 11.5 Å². The molecule has 31 heavy (non-hydrogen) atoms. The largest absolute Gasteiger partial charge is 0.497 e. The van der Waals surface area contributed by atoms with Gasteiger partial charge in [-0.15, -0.1) is 0 Å². The Morgan fingerprint density at radius 3 is 2.52 bits per heavy atom. The first-order valence-corrected chi connectivity index (χ1v) is 10.8. The van der Waals surface area contributed by atoms with Gasteiger partial charge in [0.25, 0.3) is 0 Å². The van der Waals surface area contributed by atoms with Crippen molar-refractivity contribution in [3.63, 3.8) is 0 Å². The molecule has 0 atom stereocenters. The van der Waals surface area contributed by atoms with Crippen LogP contribution in [0.3, 0.4) is 0 Å². The van der Waals surface area contributed by atoms with Crippen molar-refractivity contribution in [2.45, 2.75) is 37.6 Å². The lowest BCUT2D eigenvalue weighted by molar-refractivity contribution is -0.134. The fraction of sp³-hybridized carbons (Fsp3) is 0.440. The van der Waals surface area contributed by atoms with E-state index in [-0.39, 0.29) is 11.8 Å². The molecule has 0 bridgehead atoms. The Hall–Kier alpha value is -3.02. The lowest BCUT2D eigenvalue weighted by Gasteiger charge is -2.26. The molecule has 2 amide bonds. The molecule has 0 radical (unpaired) electrons. The Labute approximate surface area is 183 Å². The standard InChI is InChI=1S/C25H30N2O4/c1-26(2)23(28)11-5-18-4-10-22-19(16-18)17-27(14-15-31-22)24(29)25(12-13-25)20-6-8-21(30-3)9-7-20/h4,6-10,16H,5,11-15,17H2,1-3H3. The highest BCUT2D eigenvalue weighted by atomic mass is 16.5. The predicted molar refractivity (Wildman–Crippen MR) is 118 cm³/mol. The van der Waals surface area contributed by atoms with Crippen LogP contribution in [0.15, 0.2) is 42.5 Å². The number of hydrogen-bond acceptors (Lipinski definition) is 4. The maximum atomic E-state index is 13.6. The summed E-state index contributed by atoms with van der Waals surface area (Å²) in [7, 11) is 5.19. The van der Waals surface area contributed by atoms with Crippen LogP contribution in [0.2, 0.25) is 0 Å². The third kappa shape index (κ3) is 4.38. The first kappa shape index (κ1) is 21.2. The monoisotopic (exact) mass is 422 g/mol. The number of hydrogen-bond donors (Lipinski definition) is 0. The molecule has 0 saturated heterocycles. The van der Waals surface area contributed by atoms with Crippen molar-refractivity contribution < 1.29 is 19.1 Å². The predicted octanol–water partition coefficient (Wildman–Crippen LogP) is 3.17. The fourth-order valence-electron chi connectivity index (χ4n) is 4.22. The Bertz CT molecular complexity index is 964. The van der Waals surface area contributed by atoms with Crippen molar-refractivity contribution in [2.24, 2.45) is 0 Å². The number of carbonyl (C=O) groups excluding carboxylic acids is 2. The van der Waals surface area contributed by atoms with E-state index in [9.17, 15) is 9.59 Å². The van der Waals surface area contributed by atoms with Crippen molar-refractivity contribution >= 4 is 11.8 Å². The highest BCUT2D eigenvalue weighted by Gasteiger charge is 2.53. The normalized spacial score (nSPS) is 16.5. The van der Waals surface area contributed by atoms with Gasteiger partial charge in [0.2, 0.25) is 11.8 Å². The number of aryl methyl sites for hydroxylation is 1. The Morgan fingerprint density at radius 1 is 1.13 bits per heavy atom. The van der Waals surface area contributed by atoms with Crippen LogP contribution < -0.4 is 9.47 Å². The molecule has 1 fully saturated rings. The van der Waals surface area contributed by atoms with Gasteiger partial charge in [-0.25, -0.2) is 0 Å². The number of rotatable bonds is 6. The molecule has 0 spiro atoms. The SMILES string of the molecule is COc1ccc(C2(C(=O)N3CCOc4ccc(CCC(=O)N(C)C)cc4C3)CC2)cc1. The number of amides is 2. The zero-order chi connectivity index (χ0) is 22.0. The minimum atomic E-state index is -0.424. The van der Waals surface area contributed by atoms with Crippen LogP contribution in [0.5, 0.6) is 11.5 Å². The average Bonchev–Trinajstić information content (AvgIpc) is 3.61. The van der Waals surface area contributed by atoms with E-state index >= 15 is 0 Å². The van der Waals surface area contributed by atoms with Crippen LogP contribution >= 0.6 is 0 Å². The van der Waals surface area contributed by atoms with Gasteiger partial charge in [-0.05, 0) is 48.6 Å². The van der Waals surface area contributed by atoms with E-state index in [2.05, 4.69) is 6.07 Å². The van der Waals surface area contributed by atoms with Crippen molar-refractivity contribution in [2.75, 3.05) is 34.4 Å². The minimum Gasteiger partial charge on any atom is -0.497 e. The van der Waals surface area contributed by atoms with Gasteiger partial charge in [-0.1, -0.05) is 24.3 Å². The third-order valence-corrected chi connectivity index (χ3v) is 6.32. The van der Waals surface area contributed by atoms with Gasteiger partial charge >= 0.3 is 0 Å². The summed E-state index contributed by atoms with van der Waals surface area (Å²) in [5.41, 5.74) is 2.72. The molecule has 2 aliphatic rings. The van der Waals surface area contributed by atoms with Crippen molar-refractivity contribution in [1.29, 1.82) is 0 Å². The number of carbonyl (C=O) groups is 2. The molecule has 1 aliphatic heterocycles. The molecular weight excluding hydrogens is 392 g/mol. The quantitative estimate of drug-likeness (QED) is 0.718. The Morgan fingerprint density at radius 2 is 1.87 bits per heavy atom. The summed E-state index contributed by atoms with van der Waals surface area (Å²) in [6, 6.07) is 13.9. The summed E-state index contributed by atoms with van der Waals surface area (Å²) >= 11 is 0. The Kier molecular flexibility index (Phi) is 5.90. The highest BCUT2D eigenvalue weighted by Crippen LogP contribution is 2.50. The molecule has 1 heterocycles. The summed E-state index contributed by atoms with van der Waals surface area (Å²) in [6.07, 6.45) is 2.88. The summed E-state index contributed by atoms with van der Waals surface area (Å²) in [5.74, 6) is 1.90. The van der Waals surface area contributed by atoms with Crippen LogP contribution in [-0.2, 0) is 28.0 Å². The van der Waals surface area contributed by atoms with Gasteiger partial charge < -0.3 is 19.3 Å². The molecule has 4 rings (SSSR count). The summed E-state index contributed by atoms with van der Waals surface area (Å²) in [6.45, 7) is 1.58. The van der Waals surface area contributed by atoms with E-state index in [1.54, 1.807) is 26.1 Å². The smallest absolute Gasteiger partial charge is 0.233 e. The molecule has 2 aromatic rings. The summed E-state index contributed by atoms with van der Waals surface area (Å²) in [5, 5.41) is 0. The first-order chi connectivity index (χ1) is 14.9. The second kappa shape index (κ2) is 8.61. The highest BCUT2D eigenvalue weighted by molar-refractivity contribution is 5.91. The van der Waals surface area contributed by atoms with Gasteiger partial charge in [0, 0.05) is 32.6 Å². The number of ether oxygens (including phenoxy) is 2. The van der Waals surface area contributed by atoms with Crippen LogP contribution in [0.25, 0.3) is 0 Å². The second-order valence-electron chi connectivity index (χ2n) is 8.62. The fourth-order valence-corrected chi connectivity index (χ4v) is 4.22. The van der Waals surface area contributed by atoms with Gasteiger partial charge in [-0.3, -0.25) is 9.59 Å². The van der Waals surface area contributed by atoms with Crippen molar-refractivity contribution in [1.82, 2.24) is 9.80 Å². The van der Waals surface area contributed by atoms with E-state index < -0.39 is 5.41 Å².